The molecule has 2 aromatic rings. The number of rotatable bonds is 5. The smallest absolute Gasteiger partial charge is 0.405 e. The first-order chi connectivity index (χ1) is 16.4. The molecule has 0 spiro atoms. The fourth-order valence-electron chi connectivity index (χ4n) is 4.40. The molecule has 1 atom stereocenters. The van der Waals surface area contributed by atoms with Crippen LogP contribution in [0.2, 0.25) is 0 Å². The topological polar surface area (TPSA) is 87.7 Å². The number of nitrogens with zero attached hydrogens (tertiary/aromatic N) is 1. The molecule has 0 saturated carbocycles. The van der Waals surface area contributed by atoms with E-state index >= 15 is 0 Å². The average Bonchev–Trinajstić information content (AvgIpc) is 2.68. The first-order valence-electron chi connectivity index (χ1n) is 10.7. The SMILES string of the molecule is CC(=O)Nc1cccc(OC(F)(F)F)c1C1CN(c2cc(F)c(C3CCC(=O)NC3=O)c(F)c2)C1. The molecule has 2 aliphatic rings. The van der Waals surface area contributed by atoms with Gasteiger partial charge in [0.1, 0.15) is 17.4 Å². The molecule has 2 saturated heterocycles. The van der Waals surface area contributed by atoms with Crippen molar-refractivity contribution in [2.45, 2.75) is 38.0 Å². The number of piperidine rings is 1. The van der Waals surface area contributed by atoms with Crippen LogP contribution in [0.4, 0.5) is 33.3 Å². The summed E-state index contributed by atoms with van der Waals surface area (Å²) in [5.41, 5.74) is -0.0258. The van der Waals surface area contributed by atoms with Crippen molar-refractivity contribution in [3.8, 4) is 5.75 Å². The highest BCUT2D eigenvalue weighted by Gasteiger charge is 2.38. The maximum absolute atomic E-state index is 14.8. The Balaban J connectivity index is 1.57. The molecule has 2 fully saturated rings. The molecule has 0 aliphatic carbocycles. The van der Waals surface area contributed by atoms with Gasteiger partial charge in [-0.2, -0.15) is 0 Å². The number of halogens is 5. The first-order valence-corrected chi connectivity index (χ1v) is 10.7. The number of ether oxygens (including phenoxy) is 1. The Kier molecular flexibility index (Phi) is 6.39. The van der Waals surface area contributed by atoms with Crippen LogP contribution >= 0.6 is 0 Å². The van der Waals surface area contributed by atoms with Crippen molar-refractivity contribution in [2.75, 3.05) is 23.3 Å². The van der Waals surface area contributed by atoms with Crippen molar-refractivity contribution in [3.63, 3.8) is 0 Å². The lowest BCUT2D eigenvalue weighted by molar-refractivity contribution is -0.275. The Hall–Kier alpha value is -3.70. The molecule has 1 unspecified atom stereocenters. The van der Waals surface area contributed by atoms with E-state index in [1.54, 1.807) is 4.90 Å². The molecule has 35 heavy (non-hydrogen) atoms. The van der Waals surface area contributed by atoms with Crippen LogP contribution in [0.1, 0.15) is 42.7 Å². The van der Waals surface area contributed by atoms with Gasteiger partial charge in [0.05, 0.1) is 5.92 Å². The maximum atomic E-state index is 14.8. The number of hydrogen-bond acceptors (Lipinski definition) is 5. The van der Waals surface area contributed by atoms with Gasteiger partial charge >= 0.3 is 6.36 Å². The summed E-state index contributed by atoms with van der Waals surface area (Å²) >= 11 is 0. The van der Waals surface area contributed by atoms with E-state index in [9.17, 15) is 36.3 Å². The predicted octanol–water partition coefficient (Wildman–Crippen LogP) is 3.95. The van der Waals surface area contributed by atoms with Gasteiger partial charge in [-0.3, -0.25) is 19.7 Å². The molecule has 2 aliphatic heterocycles. The van der Waals surface area contributed by atoms with E-state index in [2.05, 4.69) is 15.4 Å². The monoisotopic (exact) mass is 497 g/mol. The van der Waals surface area contributed by atoms with Crippen molar-refractivity contribution in [3.05, 3.63) is 53.1 Å². The third-order valence-corrected chi connectivity index (χ3v) is 5.91. The number of nitrogens with one attached hydrogen (secondary N) is 2. The molecular weight excluding hydrogens is 477 g/mol. The van der Waals surface area contributed by atoms with Gasteiger partial charge in [0, 0.05) is 54.9 Å². The van der Waals surface area contributed by atoms with Crippen LogP contribution in [-0.4, -0.2) is 37.2 Å². The number of imide groups is 1. The standard InChI is InChI=1S/C23H20F5N3O4/c1-11(32)29-17-3-2-4-18(35-23(26,27)28)20(17)12-9-31(10-12)13-7-15(24)21(16(25)8-13)14-5-6-19(33)30-22(14)34/h2-4,7-8,12,14H,5-6,9-10H2,1H3,(H,29,32)(H,30,33,34). The predicted molar refractivity (Wildman–Crippen MR) is 114 cm³/mol. The van der Waals surface area contributed by atoms with Crippen molar-refractivity contribution in [2.24, 2.45) is 0 Å². The van der Waals surface area contributed by atoms with E-state index in [4.69, 9.17) is 0 Å². The van der Waals surface area contributed by atoms with Gasteiger partial charge < -0.3 is 15.0 Å². The summed E-state index contributed by atoms with van der Waals surface area (Å²) in [6, 6.07) is 5.97. The van der Waals surface area contributed by atoms with E-state index in [1.807, 2.05) is 0 Å². The van der Waals surface area contributed by atoms with E-state index in [0.717, 1.165) is 18.2 Å². The molecule has 2 heterocycles. The van der Waals surface area contributed by atoms with Crippen LogP contribution < -0.4 is 20.3 Å². The van der Waals surface area contributed by atoms with E-state index < -0.39 is 58.9 Å². The quantitative estimate of drug-likeness (QED) is 0.483. The molecule has 0 aromatic heterocycles. The number of alkyl halides is 3. The fourth-order valence-corrected chi connectivity index (χ4v) is 4.40. The molecule has 0 bridgehead atoms. The molecule has 7 nitrogen and oxygen atoms in total. The first kappa shape index (κ1) is 24.4. The maximum Gasteiger partial charge on any atom is 0.573 e. The number of benzene rings is 2. The number of carbonyl (C=O) groups excluding carboxylic acids is 3. The van der Waals surface area contributed by atoms with Crippen LogP contribution in [0.5, 0.6) is 5.75 Å². The largest absolute Gasteiger partial charge is 0.573 e. The van der Waals surface area contributed by atoms with Crippen LogP contribution in [0.15, 0.2) is 30.3 Å². The van der Waals surface area contributed by atoms with Crippen LogP contribution in [0.25, 0.3) is 0 Å². The van der Waals surface area contributed by atoms with Crippen molar-refractivity contribution in [1.29, 1.82) is 0 Å². The summed E-state index contributed by atoms with van der Waals surface area (Å²) in [5, 5.41) is 4.55. The minimum Gasteiger partial charge on any atom is -0.405 e. The van der Waals surface area contributed by atoms with Gasteiger partial charge in [0.15, 0.2) is 0 Å². The van der Waals surface area contributed by atoms with Gasteiger partial charge in [-0.25, -0.2) is 8.78 Å². The molecule has 4 rings (SSSR count). The Bertz CT molecular complexity index is 1170. The number of amides is 3. The van der Waals surface area contributed by atoms with Gasteiger partial charge in [-0.1, -0.05) is 6.07 Å². The lowest BCUT2D eigenvalue weighted by atomic mass is 9.87. The average molecular weight is 497 g/mol. The van der Waals surface area contributed by atoms with Crippen LogP contribution in [-0.2, 0) is 14.4 Å². The Morgan fingerprint density at radius 2 is 1.77 bits per heavy atom. The van der Waals surface area contributed by atoms with Gasteiger partial charge in [-0.05, 0) is 30.7 Å². The zero-order chi connectivity index (χ0) is 25.5. The minimum atomic E-state index is -4.95. The Morgan fingerprint density at radius 3 is 2.34 bits per heavy atom. The van der Waals surface area contributed by atoms with Crippen LogP contribution in [0.3, 0.4) is 0 Å². The molecule has 2 aromatic carbocycles. The zero-order valence-corrected chi connectivity index (χ0v) is 18.3. The second-order valence-electron chi connectivity index (χ2n) is 8.38. The van der Waals surface area contributed by atoms with Crippen LogP contribution in [0, 0.1) is 11.6 Å². The van der Waals surface area contributed by atoms with Crippen molar-refractivity contribution in [1.82, 2.24) is 5.32 Å². The molecule has 12 heteroatoms. The van der Waals surface area contributed by atoms with E-state index in [-0.39, 0.29) is 42.9 Å². The summed E-state index contributed by atoms with van der Waals surface area (Å²) in [6.45, 7) is 1.41. The molecule has 0 radical (unpaired) electrons. The van der Waals surface area contributed by atoms with E-state index in [1.165, 1.54) is 19.1 Å². The van der Waals surface area contributed by atoms with Gasteiger partial charge in [0.25, 0.3) is 0 Å². The second-order valence-corrected chi connectivity index (χ2v) is 8.38. The Labute approximate surface area is 196 Å². The molecule has 3 amide bonds. The molecular formula is C23H20F5N3O4. The highest BCUT2D eigenvalue weighted by molar-refractivity contribution is 6.01. The van der Waals surface area contributed by atoms with E-state index in [0.29, 0.717) is 0 Å². The summed E-state index contributed by atoms with van der Waals surface area (Å²) in [4.78, 5) is 36.4. The minimum absolute atomic E-state index is 0.0223. The molecule has 2 N–H and O–H groups in total. The molecule has 186 valence electrons. The summed E-state index contributed by atoms with van der Waals surface area (Å²) in [6.07, 6.45) is -5.02. The Morgan fingerprint density at radius 1 is 1.11 bits per heavy atom. The number of carbonyl (C=O) groups is 3. The summed E-state index contributed by atoms with van der Waals surface area (Å²) < 4.78 is 72.6. The lowest BCUT2D eigenvalue weighted by Gasteiger charge is -2.42. The number of anilines is 2. The second kappa shape index (κ2) is 9.16. The third-order valence-electron chi connectivity index (χ3n) is 5.91. The lowest BCUT2D eigenvalue weighted by Crippen LogP contribution is -2.46. The normalized spacial score (nSPS) is 18.7. The third kappa shape index (κ3) is 5.20. The van der Waals surface area contributed by atoms with Crippen molar-refractivity contribution < 1.29 is 41.1 Å². The van der Waals surface area contributed by atoms with Gasteiger partial charge in [-0.15, -0.1) is 13.2 Å². The fraction of sp³-hybridized carbons (Fsp3) is 0.348. The van der Waals surface area contributed by atoms with Gasteiger partial charge in [0.2, 0.25) is 17.7 Å². The highest BCUT2D eigenvalue weighted by Crippen LogP contribution is 2.43. The summed E-state index contributed by atoms with van der Waals surface area (Å²) in [5.74, 6) is -5.84. The zero-order valence-electron chi connectivity index (χ0n) is 18.3. The number of hydrogen-bond donors (Lipinski definition) is 2. The summed E-state index contributed by atoms with van der Waals surface area (Å²) in [7, 11) is 0. The van der Waals surface area contributed by atoms with Crippen molar-refractivity contribution >= 4 is 29.1 Å². The highest BCUT2D eigenvalue weighted by atomic mass is 19.4.